The lowest BCUT2D eigenvalue weighted by Crippen LogP contribution is -2.25. The van der Waals surface area contributed by atoms with Gasteiger partial charge in [-0.3, -0.25) is 9.36 Å². The first-order valence-electron chi connectivity index (χ1n) is 6.30. The molecule has 0 saturated carbocycles. The van der Waals surface area contributed by atoms with Crippen molar-refractivity contribution < 1.29 is 9.63 Å². The van der Waals surface area contributed by atoms with Crippen LogP contribution < -0.4 is 0 Å². The van der Waals surface area contributed by atoms with Gasteiger partial charge < -0.3 is 9.74 Å². The highest BCUT2D eigenvalue weighted by atomic mass is 35.5. The van der Waals surface area contributed by atoms with Gasteiger partial charge in [0.2, 0.25) is 0 Å². The van der Waals surface area contributed by atoms with Gasteiger partial charge in [0.1, 0.15) is 19.1 Å². The van der Waals surface area contributed by atoms with Crippen molar-refractivity contribution >= 4 is 23.7 Å². The van der Waals surface area contributed by atoms with E-state index in [1.54, 1.807) is 24.3 Å². The number of carbonyl (C=O) groups excluding carboxylic acids is 1. The Labute approximate surface area is 126 Å². The largest absolute Gasteiger partial charge is 0.399 e. The average Bonchev–Trinajstić information content (AvgIpc) is 2.82. The SMILES string of the molecule is CON=Cc1ncn2c1CN(C)C(=O)c1c(Cl)cccc1-2. The maximum atomic E-state index is 12.5. The summed E-state index contributed by atoms with van der Waals surface area (Å²) in [5, 5.41) is 4.17. The van der Waals surface area contributed by atoms with Crippen LogP contribution in [0.2, 0.25) is 5.02 Å². The van der Waals surface area contributed by atoms with E-state index >= 15 is 0 Å². The summed E-state index contributed by atoms with van der Waals surface area (Å²) in [6.07, 6.45) is 3.19. The number of fused-ring (bicyclic) bond motifs is 3. The zero-order chi connectivity index (χ0) is 15.0. The van der Waals surface area contributed by atoms with Crippen LogP contribution in [-0.2, 0) is 11.4 Å². The molecule has 0 saturated heterocycles. The van der Waals surface area contributed by atoms with E-state index in [9.17, 15) is 4.79 Å². The molecule has 1 aliphatic heterocycles. The highest BCUT2D eigenvalue weighted by Crippen LogP contribution is 2.29. The third-order valence-corrected chi connectivity index (χ3v) is 3.69. The van der Waals surface area contributed by atoms with Crippen LogP contribution in [0.4, 0.5) is 0 Å². The smallest absolute Gasteiger partial charge is 0.257 e. The third kappa shape index (κ3) is 2.17. The second kappa shape index (κ2) is 5.21. The standard InChI is InChI=1S/C14H13ClN4O2/c1-18-7-12-10(6-17-21-2)16-8-19(12)11-5-3-4-9(15)13(11)14(18)20/h3-6,8H,7H2,1-2H3. The summed E-state index contributed by atoms with van der Waals surface area (Å²) in [5.74, 6) is -0.117. The summed E-state index contributed by atoms with van der Waals surface area (Å²) in [6, 6.07) is 5.37. The van der Waals surface area contributed by atoms with Crippen LogP contribution in [0.15, 0.2) is 29.7 Å². The number of rotatable bonds is 2. The van der Waals surface area contributed by atoms with Crippen LogP contribution in [0.1, 0.15) is 21.7 Å². The first kappa shape index (κ1) is 13.6. The summed E-state index contributed by atoms with van der Waals surface area (Å²) >= 11 is 6.20. The van der Waals surface area contributed by atoms with Crippen molar-refractivity contribution in [2.24, 2.45) is 5.16 Å². The molecule has 21 heavy (non-hydrogen) atoms. The van der Waals surface area contributed by atoms with Gasteiger partial charge in [0, 0.05) is 7.05 Å². The molecule has 0 bridgehead atoms. The fraction of sp³-hybridized carbons (Fsp3) is 0.214. The lowest BCUT2D eigenvalue weighted by molar-refractivity contribution is 0.0788. The van der Waals surface area contributed by atoms with Gasteiger partial charge in [0.25, 0.3) is 5.91 Å². The highest BCUT2D eigenvalue weighted by Gasteiger charge is 2.27. The predicted molar refractivity (Wildman–Crippen MR) is 79.0 cm³/mol. The maximum absolute atomic E-state index is 12.5. The Morgan fingerprint density at radius 2 is 2.29 bits per heavy atom. The van der Waals surface area contributed by atoms with E-state index in [0.29, 0.717) is 22.8 Å². The topological polar surface area (TPSA) is 59.7 Å². The van der Waals surface area contributed by atoms with E-state index < -0.39 is 0 Å². The van der Waals surface area contributed by atoms with Crippen molar-refractivity contribution in [3.8, 4) is 5.69 Å². The van der Waals surface area contributed by atoms with E-state index in [0.717, 1.165) is 11.4 Å². The molecule has 1 aromatic heterocycles. The van der Waals surface area contributed by atoms with Crippen LogP contribution in [0.5, 0.6) is 0 Å². The molecule has 2 aromatic rings. The monoisotopic (exact) mass is 304 g/mol. The Morgan fingerprint density at radius 1 is 1.48 bits per heavy atom. The summed E-state index contributed by atoms with van der Waals surface area (Å²) < 4.78 is 1.86. The van der Waals surface area contributed by atoms with Crippen molar-refractivity contribution in [1.82, 2.24) is 14.5 Å². The molecule has 0 unspecified atom stereocenters. The molecule has 0 radical (unpaired) electrons. The quantitative estimate of drug-likeness (QED) is 0.630. The van der Waals surface area contributed by atoms with E-state index in [-0.39, 0.29) is 5.91 Å². The van der Waals surface area contributed by atoms with Crippen LogP contribution in [-0.4, -0.2) is 40.7 Å². The number of hydrogen-bond acceptors (Lipinski definition) is 4. The van der Waals surface area contributed by atoms with Crippen LogP contribution in [0.25, 0.3) is 5.69 Å². The second-order valence-corrected chi connectivity index (χ2v) is 5.07. The number of benzene rings is 1. The molecule has 0 aliphatic carbocycles. The molecular weight excluding hydrogens is 292 g/mol. The number of aromatic nitrogens is 2. The van der Waals surface area contributed by atoms with Gasteiger partial charge in [-0.2, -0.15) is 0 Å². The number of nitrogens with zero attached hydrogens (tertiary/aromatic N) is 4. The van der Waals surface area contributed by atoms with E-state index in [1.165, 1.54) is 13.3 Å². The number of imidazole rings is 1. The lowest BCUT2D eigenvalue weighted by Gasteiger charge is -2.14. The Kier molecular flexibility index (Phi) is 3.39. The van der Waals surface area contributed by atoms with Gasteiger partial charge in [-0.1, -0.05) is 22.8 Å². The van der Waals surface area contributed by atoms with E-state index in [2.05, 4.69) is 10.1 Å². The zero-order valence-corrected chi connectivity index (χ0v) is 12.3. The summed E-state index contributed by atoms with van der Waals surface area (Å²) in [5.41, 5.74) is 2.71. The fourth-order valence-corrected chi connectivity index (χ4v) is 2.63. The molecule has 7 heteroatoms. The number of carbonyl (C=O) groups is 1. The van der Waals surface area contributed by atoms with E-state index in [4.69, 9.17) is 16.4 Å². The average molecular weight is 305 g/mol. The minimum atomic E-state index is -0.117. The fourth-order valence-electron chi connectivity index (χ4n) is 2.38. The molecule has 3 rings (SSSR count). The zero-order valence-electron chi connectivity index (χ0n) is 11.6. The number of oxime groups is 1. The molecule has 0 fully saturated rings. The third-order valence-electron chi connectivity index (χ3n) is 3.38. The molecule has 0 atom stereocenters. The number of hydrogen-bond donors (Lipinski definition) is 0. The normalized spacial score (nSPS) is 14.0. The molecule has 1 aromatic carbocycles. The molecule has 6 nitrogen and oxygen atoms in total. The van der Waals surface area contributed by atoms with Crippen molar-refractivity contribution in [2.75, 3.05) is 14.2 Å². The van der Waals surface area contributed by atoms with Gasteiger partial charge in [-0.25, -0.2) is 4.98 Å². The Hall–Kier alpha value is -2.34. The lowest BCUT2D eigenvalue weighted by atomic mass is 10.1. The van der Waals surface area contributed by atoms with Gasteiger partial charge >= 0.3 is 0 Å². The van der Waals surface area contributed by atoms with E-state index in [1.807, 2.05) is 16.7 Å². The molecule has 1 amide bonds. The molecule has 0 N–H and O–H groups in total. The van der Waals surface area contributed by atoms with Crippen molar-refractivity contribution in [3.63, 3.8) is 0 Å². The van der Waals surface area contributed by atoms with Crippen LogP contribution >= 0.6 is 11.6 Å². The Bertz CT molecular complexity index is 739. The van der Waals surface area contributed by atoms with Crippen LogP contribution in [0.3, 0.4) is 0 Å². The van der Waals surface area contributed by atoms with Gasteiger partial charge in [0.05, 0.1) is 34.7 Å². The minimum absolute atomic E-state index is 0.117. The molecule has 0 spiro atoms. The van der Waals surface area contributed by atoms with Crippen LogP contribution in [0, 0.1) is 0 Å². The first-order valence-corrected chi connectivity index (χ1v) is 6.68. The van der Waals surface area contributed by atoms with Crippen molar-refractivity contribution in [1.29, 1.82) is 0 Å². The molecule has 1 aliphatic rings. The molecular formula is C14H13ClN4O2. The maximum Gasteiger partial charge on any atom is 0.257 e. The predicted octanol–water partition coefficient (Wildman–Crippen LogP) is 2.09. The van der Waals surface area contributed by atoms with Gasteiger partial charge in [-0.15, -0.1) is 0 Å². The Morgan fingerprint density at radius 3 is 3.05 bits per heavy atom. The summed E-state index contributed by atoms with van der Waals surface area (Å²) in [6.45, 7) is 0.412. The molecule has 2 heterocycles. The van der Waals surface area contributed by atoms with Gasteiger partial charge in [0.15, 0.2) is 0 Å². The van der Waals surface area contributed by atoms with Gasteiger partial charge in [-0.05, 0) is 12.1 Å². The first-order chi connectivity index (χ1) is 10.1. The number of amides is 1. The van der Waals surface area contributed by atoms with Crippen molar-refractivity contribution in [2.45, 2.75) is 6.54 Å². The Balaban J connectivity index is 2.24. The second-order valence-electron chi connectivity index (χ2n) is 4.66. The van der Waals surface area contributed by atoms with Crippen molar-refractivity contribution in [3.05, 3.63) is 46.5 Å². The highest BCUT2D eigenvalue weighted by molar-refractivity contribution is 6.34. The molecule has 108 valence electrons. The summed E-state index contributed by atoms with van der Waals surface area (Å²) in [7, 11) is 3.20. The minimum Gasteiger partial charge on any atom is -0.399 e. The summed E-state index contributed by atoms with van der Waals surface area (Å²) in [4.78, 5) is 23.1. The number of halogens is 1.